The summed E-state index contributed by atoms with van der Waals surface area (Å²) in [5.41, 5.74) is 2.45. The lowest BCUT2D eigenvalue weighted by molar-refractivity contribution is -0.165. The van der Waals surface area contributed by atoms with Crippen molar-refractivity contribution in [2.75, 3.05) is 59.9 Å². The number of esters is 2. The Balaban J connectivity index is 1.08. The van der Waals surface area contributed by atoms with Crippen molar-refractivity contribution < 1.29 is 71.7 Å². The average Bonchev–Trinajstić information content (AvgIpc) is 1.80. The van der Waals surface area contributed by atoms with Crippen LogP contribution in [0, 0.1) is 11.3 Å². The Labute approximate surface area is 579 Å². The molecule has 5 aromatic carbocycles. The largest absolute Gasteiger partial charge is 0.493 e. The van der Waals surface area contributed by atoms with E-state index in [4.69, 9.17) is 18.9 Å². The number of nitrogens with one attached hydrogen (secondary N) is 4. The van der Waals surface area contributed by atoms with E-state index in [0.29, 0.717) is 84.5 Å². The molecule has 528 valence electrons. The molecule has 2 aliphatic heterocycles. The van der Waals surface area contributed by atoms with E-state index in [-0.39, 0.29) is 69.5 Å². The summed E-state index contributed by atoms with van der Waals surface area (Å²) in [6, 6.07) is 30.9. The topological polar surface area (TPSA) is 286 Å². The lowest BCUT2D eigenvalue weighted by Gasteiger charge is -2.36. The van der Waals surface area contributed by atoms with E-state index < -0.39 is 101 Å². The fourth-order valence-corrected chi connectivity index (χ4v) is 12.0. The third kappa shape index (κ3) is 21.2. The molecular weight excluding hydrogens is 1260 g/mol. The van der Waals surface area contributed by atoms with Gasteiger partial charge in [0.15, 0.2) is 11.5 Å². The highest BCUT2D eigenvalue weighted by atomic mass is 16.5. The van der Waals surface area contributed by atoms with Gasteiger partial charge in [-0.05, 0) is 142 Å². The fraction of sp³-hybridized carbons (Fsp3) is 0.434. The summed E-state index contributed by atoms with van der Waals surface area (Å²) in [4.78, 5) is 159. The molecule has 23 nitrogen and oxygen atoms in total. The van der Waals surface area contributed by atoms with Crippen LogP contribution in [0.3, 0.4) is 0 Å². The molecule has 2 fully saturated rings. The minimum atomic E-state index is -1.42. The zero-order valence-corrected chi connectivity index (χ0v) is 58.2. The van der Waals surface area contributed by atoms with Gasteiger partial charge in [0.1, 0.15) is 42.9 Å². The van der Waals surface area contributed by atoms with E-state index in [2.05, 4.69) is 27.8 Å². The molecule has 0 aromatic heterocycles. The third-order valence-electron chi connectivity index (χ3n) is 17.8. The van der Waals surface area contributed by atoms with Crippen LogP contribution >= 0.6 is 0 Å². The molecule has 99 heavy (non-hydrogen) atoms. The summed E-state index contributed by atoms with van der Waals surface area (Å²) in [5.74, 6) is -5.63. The molecule has 2 saturated heterocycles. The minimum absolute atomic E-state index is 0.0394. The number of hydrogen-bond donors (Lipinski definition) is 4. The molecule has 0 unspecified atom stereocenters. The van der Waals surface area contributed by atoms with E-state index in [1.165, 1.54) is 42.8 Å². The molecule has 0 radical (unpaired) electrons. The van der Waals surface area contributed by atoms with Gasteiger partial charge in [-0.25, -0.2) is 9.59 Å². The minimum Gasteiger partial charge on any atom is -0.493 e. The summed E-state index contributed by atoms with van der Waals surface area (Å²) < 4.78 is 22.4. The van der Waals surface area contributed by atoms with E-state index in [9.17, 15) is 47.9 Å². The molecule has 0 bridgehead atoms. The van der Waals surface area contributed by atoms with Crippen molar-refractivity contribution in [3.8, 4) is 11.5 Å². The molecule has 5 aromatic rings. The van der Waals surface area contributed by atoms with Gasteiger partial charge < -0.3 is 59.8 Å². The zero-order chi connectivity index (χ0) is 71.9. The number of carbonyl (C=O) groups is 11. The van der Waals surface area contributed by atoms with Crippen LogP contribution in [0.2, 0.25) is 0 Å². The number of methoxy groups -OCH3 is 2. The van der Waals surface area contributed by atoms with Crippen molar-refractivity contribution in [2.45, 2.75) is 148 Å². The standard InChI is InChI=1S/C76H94N8O15/c1-11-66(87)98-48-76(5,6)68(88)74(94)84-41-20-19-29-59(84)75(95)99-61(37-35-51-36-38-62(96-9)63(45-51)97-10)55-27-21-28-56(46-55)78-64(85)39-40-65(86)80-67(53-23-15-13-16-24-53)70(90)79-57(44-50-31-33-52(34-32-50)47-77-69(89)54-25-17-14-18-26-54)71(91)83-42-22-30-58(83)73(93)82(8)60(43-49(3)4)72(92)81(7)12-2/h11,13-18,21,23-28,31-34,36,38,45-46,49,57-61,67H,1,12,19-20,22,29-30,35,37,39-44,47-48H2,2-10H3,(H,77,89)(H,78,85)(H,79,90)(H,80,86)/t57-,58+,59-,60-,61+,67-/m0/s1. The van der Waals surface area contributed by atoms with Crippen molar-refractivity contribution in [1.82, 2.24) is 35.6 Å². The first-order chi connectivity index (χ1) is 47.4. The summed E-state index contributed by atoms with van der Waals surface area (Å²) in [6.45, 7) is 12.7. The zero-order valence-electron chi connectivity index (χ0n) is 58.2. The second-order valence-corrected chi connectivity index (χ2v) is 26.0. The lowest BCUT2D eigenvalue weighted by Crippen LogP contribution is -2.58. The number of likely N-dealkylation sites (tertiary alicyclic amines) is 2. The smallest absolute Gasteiger partial charge is 0.330 e. The van der Waals surface area contributed by atoms with Crippen LogP contribution in [-0.2, 0) is 76.8 Å². The van der Waals surface area contributed by atoms with Crippen LogP contribution in [0.4, 0.5) is 5.69 Å². The van der Waals surface area contributed by atoms with Crippen molar-refractivity contribution in [1.29, 1.82) is 0 Å². The van der Waals surface area contributed by atoms with Crippen LogP contribution in [0.25, 0.3) is 0 Å². The number of Topliss-reactive ketones (excluding diaryl/α,β-unsaturated/α-hetero) is 1. The summed E-state index contributed by atoms with van der Waals surface area (Å²) in [5, 5.41) is 11.5. The molecule has 23 heteroatoms. The molecule has 2 heterocycles. The van der Waals surface area contributed by atoms with Gasteiger partial charge in [-0.1, -0.05) is 111 Å². The van der Waals surface area contributed by atoms with Crippen LogP contribution in [0.15, 0.2) is 140 Å². The Kier molecular flexibility index (Phi) is 28.0. The number of carbonyl (C=O) groups excluding carboxylic acids is 11. The summed E-state index contributed by atoms with van der Waals surface area (Å²) in [6.07, 6.45) is 2.29. The summed E-state index contributed by atoms with van der Waals surface area (Å²) >= 11 is 0. The van der Waals surface area contributed by atoms with Gasteiger partial charge in [0, 0.05) is 76.9 Å². The van der Waals surface area contributed by atoms with Crippen LogP contribution in [0.1, 0.15) is 143 Å². The van der Waals surface area contributed by atoms with Crippen molar-refractivity contribution in [3.05, 3.63) is 173 Å². The van der Waals surface area contributed by atoms with E-state index >= 15 is 4.79 Å². The maximum absolute atomic E-state index is 15.2. The van der Waals surface area contributed by atoms with Crippen LogP contribution < -0.4 is 30.7 Å². The number of anilines is 1. The van der Waals surface area contributed by atoms with Crippen molar-refractivity contribution in [3.63, 3.8) is 0 Å². The second kappa shape index (κ2) is 36.4. The number of piperidine rings is 1. The monoisotopic (exact) mass is 1360 g/mol. The third-order valence-corrected chi connectivity index (χ3v) is 17.8. The van der Waals surface area contributed by atoms with Gasteiger partial charge in [0.25, 0.3) is 11.8 Å². The number of rotatable bonds is 33. The van der Waals surface area contributed by atoms with E-state index in [1.54, 1.807) is 134 Å². The predicted molar refractivity (Wildman–Crippen MR) is 371 cm³/mol. The first-order valence-corrected chi connectivity index (χ1v) is 33.7. The van der Waals surface area contributed by atoms with E-state index in [0.717, 1.165) is 17.2 Å². The first-order valence-electron chi connectivity index (χ1n) is 33.7. The number of amides is 8. The number of ether oxygens (including phenoxy) is 4. The number of benzene rings is 5. The predicted octanol–water partition coefficient (Wildman–Crippen LogP) is 8.20. The Morgan fingerprint density at radius 1 is 0.697 bits per heavy atom. The Hall–Kier alpha value is -10.2. The van der Waals surface area contributed by atoms with Crippen LogP contribution in [-0.4, -0.2) is 163 Å². The number of aryl methyl sites for hydroxylation is 1. The van der Waals surface area contributed by atoms with Gasteiger partial charge in [0.2, 0.25) is 41.2 Å². The van der Waals surface area contributed by atoms with E-state index in [1.807, 2.05) is 32.9 Å². The van der Waals surface area contributed by atoms with Crippen LogP contribution in [0.5, 0.6) is 11.5 Å². The maximum atomic E-state index is 15.2. The normalized spacial score (nSPS) is 15.6. The van der Waals surface area contributed by atoms with Crippen molar-refractivity contribution in [2.24, 2.45) is 11.3 Å². The highest BCUT2D eigenvalue weighted by Crippen LogP contribution is 2.33. The highest BCUT2D eigenvalue weighted by Gasteiger charge is 2.44. The molecule has 0 aliphatic carbocycles. The first kappa shape index (κ1) is 76.2. The highest BCUT2D eigenvalue weighted by molar-refractivity contribution is 6.38. The number of likely N-dealkylation sites (N-methyl/N-ethyl adjacent to an activating group) is 2. The second-order valence-electron chi connectivity index (χ2n) is 26.0. The molecule has 2 aliphatic rings. The van der Waals surface area contributed by atoms with Gasteiger partial charge in [-0.2, -0.15) is 0 Å². The number of nitrogens with zero attached hydrogens (tertiary/aromatic N) is 4. The number of hydrogen-bond acceptors (Lipinski definition) is 15. The molecule has 0 spiro atoms. The molecular formula is C76H94N8O15. The Morgan fingerprint density at radius 3 is 2.00 bits per heavy atom. The molecule has 8 amide bonds. The molecule has 4 N–H and O–H groups in total. The SMILES string of the molecule is C=CC(=O)OCC(C)(C)C(=O)C(=O)N1CCCC[C@H]1C(=O)O[C@H](CCc1ccc(OC)c(OC)c1)c1cccc(NC(=O)CCC(=O)N[C@H](C(=O)N[C@@H](Cc2ccc(CNC(=O)c3ccccc3)cc2)C(=O)N2CCC[C@@H]2C(=O)N(C)[C@@H](CC(C)C)C(=O)N(C)CC)c2ccccc2)c1. The van der Waals surface area contributed by atoms with Gasteiger partial charge in [-0.3, -0.25) is 43.2 Å². The molecule has 0 saturated carbocycles. The Bertz CT molecular complexity index is 3680. The molecule has 6 atom stereocenters. The summed E-state index contributed by atoms with van der Waals surface area (Å²) in [7, 11) is 6.30. The lowest BCUT2D eigenvalue weighted by atomic mass is 9.87. The fourth-order valence-electron chi connectivity index (χ4n) is 12.0. The quantitative estimate of drug-likeness (QED) is 0.0175. The van der Waals surface area contributed by atoms with Crippen molar-refractivity contribution >= 4 is 70.7 Å². The van der Waals surface area contributed by atoms with Gasteiger partial charge in [0.05, 0.1) is 19.6 Å². The number of ketones is 1. The average molecular weight is 1360 g/mol. The van der Waals surface area contributed by atoms with Gasteiger partial charge >= 0.3 is 11.9 Å². The molecule has 7 rings (SSSR count). The Morgan fingerprint density at radius 2 is 1.33 bits per heavy atom. The maximum Gasteiger partial charge on any atom is 0.330 e. The van der Waals surface area contributed by atoms with Gasteiger partial charge in [-0.15, -0.1) is 0 Å².